The lowest BCUT2D eigenvalue weighted by Gasteiger charge is -2.00. The van der Waals surface area contributed by atoms with Crippen LogP contribution < -0.4 is 4.85 Å². The van der Waals surface area contributed by atoms with Gasteiger partial charge >= 0.3 is 17.4 Å². The maximum absolute atomic E-state index is 11.5. The number of carbonyl (C=O) groups is 1. The van der Waals surface area contributed by atoms with E-state index < -0.39 is 5.97 Å². The van der Waals surface area contributed by atoms with Crippen LogP contribution in [0.2, 0.25) is 0 Å². The van der Waals surface area contributed by atoms with Gasteiger partial charge in [-0.15, -0.1) is 9.36 Å². The first-order valence-corrected chi connectivity index (χ1v) is 4.33. The Morgan fingerprint density at radius 1 is 1.73 bits per heavy atom. The molecule has 7 heteroatoms. The van der Waals surface area contributed by atoms with Crippen molar-refractivity contribution in [1.82, 2.24) is 14.5 Å². The third kappa shape index (κ3) is 1.47. The topological polar surface area (TPSA) is 83.4 Å². The summed E-state index contributed by atoms with van der Waals surface area (Å²) in [5.41, 5.74) is 0.301. The van der Waals surface area contributed by atoms with Gasteiger partial charge in [0.25, 0.3) is 0 Å². The first-order chi connectivity index (χ1) is 7.24. The van der Waals surface area contributed by atoms with Crippen molar-refractivity contribution < 1.29 is 14.4 Å². The molecule has 0 aromatic carbocycles. The van der Waals surface area contributed by atoms with Crippen LogP contribution in [-0.4, -0.2) is 27.1 Å². The summed E-state index contributed by atoms with van der Waals surface area (Å²) in [7, 11) is 0. The summed E-state index contributed by atoms with van der Waals surface area (Å²) in [5, 5.41) is 11.5. The SMILES string of the molecule is CCOC(=O)c1nc2cnccn2[n+]1[O-]. The van der Waals surface area contributed by atoms with Crippen LogP contribution >= 0.6 is 0 Å². The molecule has 2 heterocycles. The van der Waals surface area contributed by atoms with Crippen LogP contribution in [0.25, 0.3) is 5.65 Å². The molecule has 0 radical (unpaired) electrons. The molecule has 78 valence electrons. The van der Waals surface area contributed by atoms with E-state index in [1.54, 1.807) is 6.92 Å². The molecule has 0 aliphatic rings. The second kappa shape index (κ2) is 3.52. The summed E-state index contributed by atoms with van der Waals surface area (Å²) >= 11 is 0. The fourth-order valence-corrected chi connectivity index (χ4v) is 1.15. The van der Waals surface area contributed by atoms with E-state index in [1.165, 1.54) is 23.1 Å². The van der Waals surface area contributed by atoms with Crippen molar-refractivity contribution in [3.8, 4) is 0 Å². The number of rotatable bonds is 2. The summed E-state index contributed by atoms with van der Waals surface area (Å²) < 4.78 is 5.85. The molecule has 2 rings (SSSR count). The highest BCUT2D eigenvalue weighted by Crippen LogP contribution is 1.98. The number of aromatic nitrogens is 4. The predicted molar refractivity (Wildman–Crippen MR) is 47.9 cm³/mol. The van der Waals surface area contributed by atoms with E-state index in [1.807, 2.05) is 0 Å². The third-order valence-corrected chi connectivity index (χ3v) is 1.77. The number of esters is 1. The Kier molecular flexibility index (Phi) is 2.20. The first-order valence-electron chi connectivity index (χ1n) is 4.33. The fourth-order valence-electron chi connectivity index (χ4n) is 1.15. The van der Waals surface area contributed by atoms with E-state index in [4.69, 9.17) is 0 Å². The summed E-state index contributed by atoms with van der Waals surface area (Å²) in [6, 6.07) is 0. The molecular weight excluding hydrogens is 200 g/mol. The van der Waals surface area contributed by atoms with Gasteiger partial charge < -0.3 is 9.94 Å². The number of hydrogen-bond donors (Lipinski definition) is 0. The van der Waals surface area contributed by atoms with Crippen LogP contribution in [0.3, 0.4) is 0 Å². The quantitative estimate of drug-likeness (QED) is 0.379. The van der Waals surface area contributed by atoms with E-state index >= 15 is 0 Å². The molecule has 0 spiro atoms. The van der Waals surface area contributed by atoms with Crippen molar-refractivity contribution in [2.75, 3.05) is 6.61 Å². The van der Waals surface area contributed by atoms with Crippen LogP contribution in [0.1, 0.15) is 17.5 Å². The molecule has 0 saturated carbocycles. The van der Waals surface area contributed by atoms with Crippen LogP contribution in [0.5, 0.6) is 0 Å². The number of hydrogen-bond acceptors (Lipinski definition) is 5. The molecular formula is C8H8N4O3. The molecule has 0 aliphatic heterocycles. The number of nitrogens with zero attached hydrogens (tertiary/aromatic N) is 4. The lowest BCUT2D eigenvalue weighted by molar-refractivity contribution is -0.680. The van der Waals surface area contributed by atoms with Crippen LogP contribution in [0.4, 0.5) is 0 Å². The minimum atomic E-state index is -0.740. The first kappa shape index (κ1) is 9.38. The van der Waals surface area contributed by atoms with Crippen molar-refractivity contribution in [2.45, 2.75) is 6.92 Å². The van der Waals surface area contributed by atoms with E-state index in [2.05, 4.69) is 14.7 Å². The molecule has 0 unspecified atom stereocenters. The predicted octanol–water partition coefficient (Wildman–Crippen LogP) is -0.461. The lowest BCUT2D eigenvalue weighted by Crippen LogP contribution is -2.39. The van der Waals surface area contributed by atoms with Crippen molar-refractivity contribution in [3.05, 3.63) is 29.6 Å². The molecule has 15 heavy (non-hydrogen) atoms. The van der Waals surface area contributed by atoms with Crippen molar-refractivity contribution in [3.63, 3.8) is 0 Å². The van der Waals surface area contributed by atoms with Gasteiger partial charge in [-0.05, 0) is 11.9 Å². The van der Waals surface area contributed by atoms with E-state index in [0.717, 1.165) is 0 Å². The Bertz CT molecular complexity index is 508. The van der Waals surface area contributed by atoms with E-state index in [9.17, 15) is 10.0 Å². The summed E-state index contributed by atoms with van der Waals surface area (Å²) in [6.07, 6.45) is 4.23. The minimum Gasteiger partial charge on any atom is -0.691 e. The maximum atomic E-state index is 11.5. The van der Waals surface area contributed by atoms with Crippen molar-refractivity contribution >= 4 is 11.6 Å². The molecule has 0 saturated heterocycles. The molecule has 7 nitrogen and oxygen atoms in total. The summed E-state index contributed by atoms with van der Waals surface area (Å²) in [6.45, 7) is 1.86. The molecule has 0 fully saturated rings. The smallest absolute Gasteiger partial charge is 0.434 e. The number of carbonyl (C=O) groups excluding carboxylic acids is 1. The molecule has 0 atom stereocenters. The number of fused-ring (bicyclic) bond motifs is 1. The van der Waals surface area contributed by atoms with Crippen LogP contribution in [-0.2, 0) is 4.74 Å². The fraction of sp³-hybridized carbons (Fsp3) is 0.250. The van der Waals surface area contributed by atoms with Gasteiger partial charge in [0.2, 0.25) is 0 Å². The van der Waals surface area contributed by atoms with Gasteiger partial charge in [0.15, 0.2) is 0 Å². The van der Waals surface area contributed by atoms with Crippen molar-refractivity contribution in [2.24, 2.45) is 0 Å². The lowest BCUT2D eigenvalue weighted by atomic mass is 10.6. The average Bonchev–Trinajstić information content (AvgIpc) is 2.57. The van der Waals surface area contributed by atoms with Crippen molar-refractivity contribution in [1.29, 1.82) is 0 Å². The highest BCUT2D eigenvalue weighted by atomic mass is 16.5. The van der Waals surface area contributed by atoms with Gasteiger partial charge in [-0.25, -0.2) is 4.79 Å². The second-order valence-electron chi connectivity index (χ2n) is 2.71. The van der Waals surface area contributed by atoms with Crippen LogP contribution in [0.15, 0.2) is 18.6 Å². The summed E-state index contributed by atoms with van der Waals surface area (Å²) in [5.74, 6) is -1.03. The Balaban J connectivity index is 2.53. The number of ether oxygens (including phenoxy) is 1. The molecule has 0 bridgehead atoms. The normalized spacial score (nSPS) is 10.5. The van der Waals surface area contributed by atoms with E-state index in [0.29, 0.717) is 10.5 Å². The molecule has 0 amide bonds. The molecule has 2 aromatic rings. The molecule has 0 N–H and O–H groups in total. The minimum absolute atomic E-state index is 0.199. The van der Waals surface area contributed by atoms with Gasteiger partial charge in [-0.1, -0.05) is 0 Å². The standard InChI is InChI=1S/C8H8N4O3/c1-2-15-8(13)7-10-6-5-9-3-4-11(6)12(7)14/h3-5H,2H2,1H3. The Morgan fingerprint density at radius 3 is 3.20 bits per heavy atom. The third-order valence-electron chi connectivity index (χ3n) is 1.77. The Labute approximate surface area is 84.5 Å². The highest BCUT2D eigenvalue weighted by Gasteiger charge is 2.25. The van der Waals surface area contributed by atoms with Gasteiger partial charge in [-0.3, -0.25) is 4.98 Å². The molecule has 0 aliphatic carbocycles. The Morgan fingerprint density at radius 2 is 2.53 bits per heavy atom. The zero-order valence-corrected chi connectivity index (χ0v) is 7.95. The van der Waals surface area contributed by atoms with E-state index in [-0.39, 0.29) is 12.4 Å². The monoisotopic (exact) mass is 208 g/mol. The zero-order valence-electron chi connectivity index (χ0n) is 7.95. The second-order valence-corrected chi connectivity index (χ2v) is 2.71. The zero-order chi connectivity index (χ0) is 10.8. The van der Waals surface area contributed by atoms with Gasteiger partial charge in [0.05, 0.1) is 19.0 Å². The largest absolute Gasteiger partial charge is 0.691 e. The van der Waals surface area contributed by atoms with Gasteiger partial charge in [0, 0.05) is 6.20 Å². The molecule has 2 aromatic heterocycles. The van der Waals surface area contributed by atoms with Crippen LogP contribution in [0, 0.1) is 5.21 Å². The average molecular weight is 208 g/mol. The van der Waals surface area contributed by atoms with Gasteiger partial charge in [0.1, 0.15) is 0 Å². The maximum Gasteiger partial charge on any atom is 0.434 e. The summed E-state index contributed by atoms with van der Waals surface area (Å²) in [4.78, 5) is 19.3. The Hall–Kier alpha value is -2.18. The highest BCUT2D eigenvalue weighted by molar-refractivity contribution is 5.84. The van der Waals surface area contributed by atoms with Gasteiger partial charge in [-0.2, -0.15) is 0 Å².